The van der Waals surface area contributed by atoms with E-state index in [0.717, 1.165) is 32.5 Å². The quantitative estimate of drug-likeness (QED) is 0.620. The summed E-state index contributed by atoms with van der Waals surface area (Å²) in [7, 11) is 0. The van der Waals surface area contributed by atoms with Gasteiger partial charge in [0.05, 0.1) is 6.61 Å². The maximum Gasteiger partial charge on any atom is 0.121 e. The van der Waals surface area contributed by atoms with Gasteiger partial charge in [-0.2, -0.15) is 0 Å². The average molecular weight is 157 g/mol. The normalized spacial score (nSPS) is 24.3. The molecule has 0 aromatic carbocycles. The van der Waals surface area contributed by atoms with Gasteiger partial charge in [0, 0.05) is 6.54 Å². The molecule has 1 rings (SSSR count). The van der Waals surface area contributed by atoms with Gasteiger partial charge in [-0.05, 0) is 19.4 Å². The molecular weight excluding hydrogens is 138 g/mol. The molecule has 0 amide bonds. The van der Waals surface area contributed by atoms with Crippen LogP contribution in [0.2, 0.25) is 0 Å². The average Bonchev–Trinajstić information content (AvgIpc) is 2.47. The van der Waals surface area contributed by atoms with Gasteiger partial charge in [0.1, 0.15) is 5.72 Å². The summed E-state index contributed by atoms with van der Waals surface area (Å²) in [5.41, 5.74) is 0.0781. The molecule has 0 aliphatic carbocycles. The predicted molar refractivity (Wildman–Crippen MR) is 46.5 cm³/mol. The van der Waals surface area contributed by atoms with Crippen molar-refractivity contribution in [1.29, 1.82) is 0 Å². The number of hydrogen-bond donors (Lipinski definition) is 0. The van der Waals surface area contributed by atoms with E-state index in [4.69, 9.17) is 4.74 Å². The molecule has 0 radical (unpaired) electrons. The number of hydrogen-bond acceptors (Lipinski definition) is 2. The maximum atomic E-state index is 5.77. The van der Waals surface area contributed by atoms with Gasteiger partial charge in [0.25, 0.3) is 0 Å². The lowest BCUT2D eigenvalue weighted by Crippen LogP contribution is -2.43. The summed E-state index contributed by atoms with van der Waals surface area (Å²) in [6.45, 7) is 9.75. The zero-order chi connectivity index (χ0) is 8.32. The molecule has 2 heteroatoms. The van der Waals surface area contributed by atoms with Crippen LogP contribution in [0, 0.1) is 0 Å². The van der Waals surface area contributed by atoms with Crippen LogP contribution in [0.4, 0.5) is 0 Å². The van der Waals surface area contributed by atoms with Crippen molar-refractivity contribution in [2.75, 3.05) is 19.7 Å². The largest absolute Gasteiger partial charge is 0.359 e. The Labute approximate surface area is 69.5 Å². The maximum absolute atomic E-state index is 5.77. The lowest BCUT2D eigenvalue weighted by atomic mass is 10.1. The van der Waals surface area contributed by atoms with E-state index in [-0.39, 0.29) is 5.72 Å². The molecule has 0 unspecified atom stereocenters. The zero-order valence-corrected chi connectivity index (χ0v) is 7.89. The summed E-state index contributed by atoms with van der Waals surface area (Å²) >= 11 is 0. The molecule has 0 N–H and O–H groups in total. The van der Waals surface area contributed by atoms with E-state index in [1.165, 1.54) is 0 Å². The highest BCUT2D eigenvalue weighted by Crippen LogP contribution is 2.29. The highest BCUT2D eigenvalue weighted by molar-refractivity contribution is 4.83. The third-order valence-electron chi connectivity index (χ3n) is 2.79. The van der Waals surface area contributed by atoms with Gasteiger partial charge >= 0.3 is 0 Å². The minimum Gasteiger partial charge on any atom is -0.359 e. The fraction of sp³-hybridized carbons (Fsp3) is 1.00. The van der Waals surface area contributed by atoms with Crippen molar-refractivity contribution in [1.82, 2.24) is 4.90 Å². The molecule has 0 saturated carbocycles. The predicted octanol–water partition coefficient (Wildman–Crippen LogP) is 1.85. The molecule has 0 bridgehead atoms. The Hall–Kier alpha value is -0.0800. The van der Waals surface area contributed by atoms with Crippen LogP contribution in [-0.2, 0) is 4.74 Å². The van der Waals surface area contributed by atoms with Crippen molar-refractivity contribution < 1.29 is 4.74 Å². The van der Waals surface area contributed by atoms with Crippen molar-refractivity contribution >= 4 is 0 Å². The number of nitrogens with zero attached hydrogens (tertiary/aromatic N) is 1. The van der Waals surface area contributed by atoms with E-state index in [2.05, 4.69) is 25.7 Å². The highest BCUT2D eigenvalue weighted by atomic mass is 16.5. The minimum absolute atomic E-state index is 0.0781. The molecular formula is C9H19NO. The van der Waals surface area contributed by atoms with Crippen LogP contribution >= 0.6 is 0 Å². The zero-order valence-electron chi connectivity index (χ0n) is 7.89. The second-order valence-corrected chi connectivity index (χ2v) is 3.08. The van der Waals surface area contributed by atoms with Gasteiger partial charge < -0.3 is 4.74 Å². The topological polar surface area (TPSA) is 12.5 Å². The van der Waals surface area contributed by atoms with Gasteiger partial charge in [-0.15, -0.1) is 0 Å². The van der Waals surface area contributed by atoms with Gasteiger partial charge in [-0.3, -0.25) is 4.90 Å². The van der Waals surface area contributed by atoms with Gasteiger partial charge in [0.2, 0.25) is 0 Å². The second-order valence-electron chi connectivity index (χ2n) is 3.08. The van der Waals surface area contributed by atoms with E-state index < -0.39 is 0 Å². The van der Waals surface area contributed by atoms with E-state index in [9.17, 15) is 0 Å². The molecule has 0 spiro atoms. The molecule has 1 saturated heterocycles. The molecule has 1 aliphatic heterocycles. The Bertz CT molecular complexity index is 121. The molecule has 1 fully saturated rings. The first kappa shape index (κ1) is 9.01. The minimum atomic E-state index is 0.0781. The molecule has 0 aromatic rings. The van der Waals surface area contributed by atoms with Crippen molar-refractivity contribution in [3.63, 3.8) is 0 Å². The molecule has 2 nitrogen and oxygen atoms in total. The Balaban J connectivity index is 2.63. The second kappa shape index (κ2) is 3.55. The van der Waals surface area contributed by atoms with Crippen LogP contribution in [0.5, 0.6) is 0 Å². The molecule has 0 aromatic heterocycles. The first-order valence-corrected chi connectivity index (χ1v) is 4.68. The Morgan fingerprint density at radius 1 is 1.27 bits per heavy atom. The van der Waals surface area contributed by atoms with Crippen LogP contribution in [-0.4, -0.2) is 30.3 Å². The molecule has 11 heavy (non-hydrogen) atoms. The third-order valence-corrected chi connectivity index (χ3v) is 2.79. The van der Waals surface area contributed by atoms with Crippen molar-refractivity contribution in [2.45, 2.75) is 39.3 Å². The monoisotopic (exact) mass is 157 g/mol. The van der Waals surface area contributed by atoms with Crippen molar-refractivity contribution in [2.24, 2.45) is 0 Å². The smallest absolute Gasteiger partial charge is 0.121 e. The summed E-state index contributed by atoms with van der Waals surface area (Å²) in [5.74, 6) is 0. The first-order chi connectivity index (χ1) is 5.29. The van der Waals surface area contributed by atoms with Gasteiger partial charge in [0.15, 0.2) is 0 Å². The van der Waals surface area contributed by atoms with E-state index in [1.807, 2.05) is 0 Å². The highest BCUT2D eigenvalue weighted by Gasteiger charge is 2.37. The van der Waals surface area contributed by atoms with E-state index >= 15 is 0 Å². The van der Waals surface area contributed by atoms with Crippen LogP contribution in [0.3, 0.4) is 0 Å². The summed E-state index contributed by atoms with van der Waals surface area (Å²) in [4.78, 5) is 2.44. The molecule has 0 atom stereocenters. The lowest BCUT2D eigenvalue weighted by molar-refractivity contribution is -0.0855. The van der Waals surface area contributed by atoms with Gasteiger partial charge in [-0.25, -0.2) is 0 Å². The summed E-state index contributed by atoms with van der Waals surface area (Å²) < 4.78 is 5.77. The molecule has 66 valence electrons. The Kier molecular flexibility index (Phi) is 2.90. The SMILES string of the molecule is CCN1CCOC1(CC)CC. The summed E-state index contributed by atoms with van der Waals surface area (Å²) in [5, 5.41) is 0. The Morgan fingerprint density at radius 3 is 2.27 bits per heavy atom. The van der Waals surface area contributed by atoms with Crippen LogP contribution < -0.4 is 0 Å². The first-order valence-electron chi connectivity index (χ1n) is 4.68. The summed E-state index contributed by atoms with van der Waals surface area (Å²) in [6, 6.07) is 0. The molecule has 1 aliphatic rings. The lowest BCUT2D eigenvalue weighted by Gasteiger charge is -2.34. The van der Waals surface area contributed by atoms with Crippen LogP contribution in [0.15, 0.2) is 0 Å². The number of ether oxygens (including phenoxy) is 1. The Morgan fingerprint density at radius 2 is 1.91 bits per heavy atom. The third kappa shape index (κ3) is 1.42. The van der Waals surface area contributed by atoms with E-state index in [1.54, 1.807) is 0 Å². The number of likely N-dealkylation sites (N-methyl/N-ethyl adjacent to an activating group) is 1. The van der Waals surface area contributed by atoms with E-state index in [0.29, 0.717) is 0 Å². The fourth-order valence-corrected chi connectivity index (χ4v) is 1.99. The summed E-state index contributed by atoms with van der Waals surface area (Å²) in [6.07, 6.45) is 2.22. The standard InChI is InChI=1S/C9H19NO/c1-4-9(5-2)10(6-3)7-8-11-9/h4-8H2,1-3H3. The molecule has 1 heterocycles. The van der Waals surface area contributed by atoms with Crippen molar-refractivity contribution in [3.8, 4) is 0 Å². The van der Waals surface area contributed by atoms with Crippen LogP contribution in [0.25, 0.3) is 0 Å². The fourth-order valence-electron chi connectivity index (χ4n) is 1.99. The van der Waals surface area contributed by atoms with Crippen LogP contribution in [0.1, 0.15) is 33.6 Å². The van der Waals surface area contributed by atoms with Gasteiger partial charge in [-0.1, -0.05) is 20.8 Å². The number of rotatable bonds is 3. The van der Waals surface area contributed by atoms with Crippen molar-refractivity contribution in [3.05, 3.63) is 0 Å².